The first-order valence-corrected chi connectivity index (χ1v) is 5.87. The van der Waals surface area contributed by atoms with Gasteiger partial charge in [0.2, 0.25) is 0 Å². The molecule has 1 aromatic carbocycles. The average molecular weight is 246 g/mol. The van der Waals surface area contributed by atoms with E-state index in [4.69, 9.17) is 0 Å². The molecular weight excluding hydrogens is 234 g/mol. The van der Waals surface area contributed by atoms with Crippen LogP contribution in [-0.2, 0) is 6.42 Å². The Balaban J connectivity index is 1.91. The molecule has 92 valence electrons. The van der Waals surface area contributed by atoms with Gasteiger partial charge in [-0.25, -0.2) is 13.8 Å². The second kappa shape index (κ2) is 4.37. The van der Waals surface area contributed by atoms with Crippen molar-refractivity contribution in [3.63, 3.8) is 0 Å². The van der Waals surface area contributed by atoms with Crippen molar-refractivity contribution in [1.29, 1.82) is 0 Å². The Labute approximate surface area is 104 Å². The van der Waals surface area contributed by atoms with E-state index in [1.54, 1.807) is 6.20 Å². The highest BCUT2D eigenvalue weighted by atomic mass is 19.1. The van der Waals surface area contributed by atoms with E-state index in [9.17, 15) is 8.78 Å². The summed E-state index contributed by atoms with van der Waals surface area (Å²) in [5.74, 6) is -0.0703. The molecule has 0 amide bonds. The summed E-state index contributed by atoms with van der Waals surface area (Å²) in [4.78, 5) is 4.20. The lowest BCUT2D eigenvalue weighted by atomic mass is 9.94. The number of rotatable bonds is 2. The lowest BCUT2D eigenvalue weighted by Gasteiger charge is -2.11. The number of hydrogen-bond donors (Lipinski definition) is 1. The Hall–Kier alpha value is -1.97. The van der Waals surface area contributed by atoms with Crippen molar-refractivity contribution in [3.8, 4) is 0 Å². The lowest BCUT2D eigenvalue weighted by molar-refractivity contribution is 0.543. The standard InChI is InChI=1S/C14H12F2N2/c15-12-4-1-5-13(16)11(12)7-9-8-18-14-10(9)3-2-6-17-14/h1-6,9H,7-8H2,(H,17,18). The second-order valence-corrected chi connectivity index (χ2v) is 4.42. The summed E-state index contributed by atoms with van der Waals surface area (Å²) >= 11 is 0. The summed E-state index contributed by atoms with van der Waals surface area (Å²) < 4.78 is 27.2. The first-order valence-electron chi connectivity index (χ1n) is 5.87. The summed E-state index contributed by atoms with van der Waals surface area (Å²) in [7, 11) is 0. The maximum atomic E-state index is 13.6. The van der Waals surface area contributed by atoms with Crippen LogP contribution in [0.25, 0.3) is 0 Å². The van der Waals surface area contributed by atoms with Gasteiger partial charge in [-0.15, -0.1) is 0 Å². The quantitative estimate of drug-likeness (QED) is 0.880. The van der Waals surface area contributed by atoms with E-state index in [1.165, 1.54) is 18.2 Å². The van der Waals surface area contributed by atoms with Gasteiger partial charge in [0.15, 0.2) is 0 Å². The molecule has 2 aromatic rings. The third kappa shape index (κ3) is 1.83. The molecule has 0 saturated heterocycles. The molecule has 0 saturated carbocycles. The number of pyridine rings is 1. The van der Waals surface area contributed by atoms with Crippen LogP contribution in [0.5, 0.6) is 0 Å². The van der Waals surface area contributed by atoms with E-state index >= 15 is 0 Å². The van der Waals surface area contributed by atoms with Gasteiger partial charge in [0.1, 0.15) is 17.5 Å². The highest BCUT2D eigenvalue weighted by molar-refractivity contribution is 5.52. The molecule has 0 radical (unpaired) electrons. The minimum atomic E-state index is -0.479. The number of nitrogens with one attached hydrogen (secondary N) is 1. The number of fused-ring (bicyclic) bond motifs is 1. The van der Waals surface area contributed by atoms with Gasteiger partial charge in [0.25, 0.3) is 0 Å². The van der Waals surface area contributed by atoms with Crippen molar-refractivity contribution in [3.05, 3.63) is 59.3 Å². The fourth-order valence-electron chi connectivity index (χ4n) is 2.38. The molecule has 0 fully saturated rings. The fraction of sp³-hybridized carbons (Fsp3) is 0.214. The molecule has 1 unspecified atom stereocenters. The molecule has 18 heavy (non-hydrogen) atoms. The normalized spacial score (nSPS) is 17.3. The van der Waals surface area contributed by atoms with E-state index in [-0.39, 0.29) is 11.5 Å². The van der Waals surface area contributed by atoms with Crippen LogP contribution in [-0.4, -0.2) is 11.5 Å². The van der Waals surface area contributed by atoms with Crippen molar-refractivity contribution in [2.24, 2.45) is 0 Å². The fourth-order valence-corrected chi connectivity index (χ4v) is 2.38. The van der Waals surface area contributed by atoms with Crippen LogP contribution >= 0.6 is 0 Å². The van der Waals surface area contributed by atoms with Gasteiger partial charge in [-0.2, -0.15) is 0 Å². The minimum absolute atomic E-state index is 0.0695. The maximum absolute atomic E-state index is 13.6. The molecule has 1 atom stereocenters. The van der Waals surface area contributed by atoms with Crippen LogP contribution in [0.3, 0.4) is 0 Å². The van der Waals surface area contributed by atoms with Crippen LogP contribution in [0.1, 0.15) is 17.0 Å². The molecule has 2 heterocycles. The molecular formula is C14H12F2N2. The van der Waals surface area contributed by atoms with E-state index in [0.29, 0.717) is 13.0 Å². The molecule has 4 heteroatoms. The monoisotopic (exact) mass is 246 g/mol. The molecule has 0 spiro atoms. The SMILES string of the molecule is Fc1cccc(F)c1CC1CNc2ncccc21. The van der Waals surface area contributed by atoms with Gasteiger partial charge < -0.3 is 5.32 Å². The number of hydrogen-bond acceptors (Lipinski definition) is 2. The topological polar surface area (TPSA) is 24.9 Å². The van der Waals surface area contributed by atoms with Crippen molar-refractivity contribution in [2.75, 3.05) is 11.9 Å². The van der Waals surface area contributed by atoms with E-state index in [2.05, 4.69) is 10.3 Å². The Morgan fingerprint density at radius 3 is 2.72 bits per heavy atom. The van der Waals surface area contributed by atoms with Gasteiger partial charge in [-0.1, -0.05) is 12.1 Å². The van der Waals surface area contributed by atoms with Crippen molar-refractivity contribution in [1.82, 2.24) is 4.98 Å². The number of anilines is 1. The van der Waals surface area contributed by atoms with Crippen LogP contribution in [0.15, 0.2) is 36.5 Å². The maximum Gasteiger partial charge on any atom is 0.129 e. The minimum Gasteiger partial charge on any atom is -0.369 e. The zero-order valence-electron chi connectivity index (χ0n) is 9.66. The summed E-state index contributed by atoms with van der Waals surface area (Å²) in [6, 6.07) is 7.77. The smallest absolute Gasteiger partial charge is 0.129 e. The van der Waals surface area contributed by atoms with Crippen LogP contribution in [0.4, 0.5) is 14.6 Å². The largest absolute Gasteiger partial charge is 0.369 e. The summed E-state index contributed by atoms with van der Waals surface area (Å²) in [5, 5.41) is 3.15. The highest BCUT2D eigenvalue weighted by Crippen LogP contribution is 2.32. The van der Waals surface area contributed by atoms with Crippen molar-refractivity contribution < 1.29 is 8.78 Å². The molecule has 1 N–H and O–H groups in total. The number of halogens is 2. The van der Waals surface area contributed by atoms with E-state index in [0.717, 1.165) is 11.4 Å². The average Bonchev–Trinajstić information content (AvgIpc) is 2.77. The Morgan fingerprint density at radius 2 is 1.94 bits per heavy atom. The number of aromatic nitrogens is 1. The highest BCUT2D eigenvalue weighted by Gasteiger charge is 2.25. The number of nitrogens with zero attached hydrogens (tertiary/aromatic N) is 1. The van der Waals surface area contributed by atoms with Gasteiger partial charge in [0, 0.05) is 24.2 Å². The lowest BCUT2D eigenvalue weighted by Crippen LogP contribution is -2.08. The van der Waals surface area contributed by atoms with E-state index in [1.807, 2.05) is 12.1 Å². The second-order valence-electron chi connectivity index (χ2n) is 4.42. The predicted octanol–water partition coefficient (Wildman–Crippen LogP) is 3.11. The Bertz CT molecular complexity index is 564. The molecule has 3 rings (SSSR count). The van der Waals surface area contributed by atoms with Gasteiger partial charge in [0.05, 0.1) is 0 Å². The first-order chi connectivity index (χ1) is 8.75. The number of benzene rings is 1. The van der Waals surface area contributed by atoms with Crippen LogP contribution < -0.4 is 5.32 Å². The summed E-state index contributed by atoms with van der Waals surface area (Å²) in [6.45, 7) is 0.667. The molecule has 2 nitrogen and oxygen atoms in total. The zero-order valence-corrected chi connectivity index (χ0v) is 9.66. The third-order valence-electron chi connectivity index (χ3n) is 3.31. The third-order valence-corrected chi connectivity index (χ3v) is 3.31. The predicted molar refractivity (Wildman–Crippen MR) is 65.5 cm³/mol. The van der Waals surface area contributed by atoms with Crippen LogP contribution in [0, 0.1) is 11.6 Å². The van der Waals surface area contributed by atoms with Gasteiger partial charge in [-0.05, 0) is 30.2 Å². The first kappa shape index (κ1) is 11.1. The van der Waals surface area contributed by atoms with Gasteiger partial charge in [-0.3, -0.25) is 0 Å². The summed E-state index contributed by atoms with van der Waals surface area (Å²) in [5.41, 5.74) is 1.18. The molecule has 0 aliphatic carbocycles. The Morgan fingerprint density at radius 1 is 1.17 bits per heavy atom. The van der Waals surface area contributed by atoms with E-state index < -0.39 is 11.6 Å². The van der Waals surface area contributed by atoms with Crippen LogP contribution in [0.2, 0.25) is 0 Å². The molecule has 1 aliphatic heterocycles. The van der Waals surface area contributed by atoms with Crippen molar-refractivity contribution >= 4 is 5.82 Å². The molecule has 1 aromatic heterocycles. The van der Waals surface area contributed by atoms with Crippen molar-refractivity contribution in [2.45, 2.75) is 12.3 Å². The molecule has 0 bridgehead atoms. The molecule has 1 aliphatic rings. The Kier molecular flexibility index (Phi) is 2.70. The van der Waals surface area contributed by atoms with Gasteiger partial charge >= 0.3 is 0 Å². The zero-order chi connectivity index (χ0) is 12.5. The summed E-state index contributed by atoms with van der Waals surface area (Å²) in [6.07, 6.45) is 2.06.